The molecule has 0 atom stereocenters. The highest BCUT2D eigenvalue weighted by atomic mass is 32.2. The quantitative estimate of drug-likeness (QED) is 0.478. The van der Waals surface area contributed by atoms with E-state index >= 15 is 0 Å². The number of methoxy groups -OCH3 is 1. The average molecular weight is 297 g/mol. The Labute approximate surface area is 114 Å². The molecule has 10 heteroatoms. The zero-order valence-electron chi connectivity index (χ0n) is 10.3. The highest BCUT2D eigenvalue weighted by molar-refractivity contribution is 8.01. The Morgan fingerprint density at radius 2 is 1.90 bits per heavy atom. The lowest BCUT2D eigenvalue weighted by atomic mass is 10.3. The molecule has 0 fully saturated rings. The fourth-order valence-corrected chi connectivity index (χ4v) is 1.72. The lowest BCUT2D eigenvalue weighted by Crippen LogP contribution is -2.28. The van der Waals surface area contributed by atoms with Crippen LogP contribution >= 0.6 is 0 Å². The maximum absolute atomic E-state index is 11.3. The Kier molecular flexibility index (Phi) is 3.96. The maximum atomic E-state index is 11.3. The molecule has 1 aromatic carbocycles. The van der Waals surface area contributed by atoms with Crippen molar-refractivity contribution < 1.29 is 17.7 Å². The molecule has 0 spiro atoms. The van der Waals surface area contributed by atoms with Crippen LogP contribution in [0.1, 0.15) is 0 Å². The Morgan fingerprint density at radius 3 is 2.40 bits per heavy atom. The number of aromatic nitrogens is 3. The van der Waals surface area contributed by atoms with Gasteiger partial charge in [-0.1, -0.05) is 0 Å². The summed E-state index contributed by atoms with van der Waals surface area (Å²) in [5.74, 6) is 0.601. The van der Waals surface area contributed by atoms with Crippen molar-refractivity contribution in [3.05, 3.63) is 36.9 Å². The van der Waals surface area contributed by atoms with E-state index in [-0.39, 0.29) is 0 Å². The molecule has 0 bridgehead atoms. The van der Waals surface area contributed by atoms with Crippen molar-refractivity contribution >= 4 is 21.0 Å². The number of nitrogens with zero attached hydrogens (tertiary/aromatic N) is 4. The molecule has 9 nitrogen and oxygen atoms in total. The van der Waals surface area contributed by atoms with Crippen LogP contribution in [0.3, 0.4) is 0 Å². The molecule has 0 saturated heterocycles. The summed E-state index contributed by atoms with van der Waals surface area (Å²) in [6, 6.07) is 6.30. The van der Waals surface area contributed by atoms with E-state index in [0.29, 0.717) is 11.4 Å². The van der Waals surface area contributed by atoms with Gasteiger partial charge in [-0.25, -0.2) is 9.67 Å². The Bertz CT molecular complexity index is 694. The average Bonchev–Trinajstić information content (AvgIpc) is 2.91. The fraction of sp³-hybridized carbons (Fsp3) is 0.100. The second-order valence-corrected chi connectivity index (χ2v) is 4.91. The van der Waals surface area contributed by atoms with E-state index in [4.69, 9.17) is 9.29 Å². The predicted molar refractivity (Wildman–Crippen MR) is 71.0 cm³/mol. The summed E-state index contributed by atoms with van der Waals surface area (Å²) in [5, 5.41) is 6.33. The number of amidine groups is 1. The summed E-state index contributed by atoms with van der Waals surface area (Å²) in [7, 11) is -3.01. The standard InChI is InChI=1S/C10H11N5O4S/c1-19-9-4-2-8(3-5-9)13-10(20(16,17)18)14-15-6-11-12-7-15/h2-7H,1H3,(H,13,14)(H,16,17,18). The first-order chi connectivity index (χ1) is 9.49. The number of nitrogens with one attached hydrogen (secondary N) is 1. The van der Waals surface area contributed by atoms with Crippen molar-refractivity contribution in [2.45, 2.75) is 0 Å². The molecule has 0 aliphatic heterocycles. The molecule has 0 amide bonds. The van der Waals surface area contributed by atoms with Crippen LogP contribution in [-0.2, 0) is 10.1 Å². The maximum Gasteiger partial charge on any atom is 0.329 e. The van der Waals surface area contributed by atoms with Crippen LogP contribution in [0.25, 0.3) is 0 Å². The van der Waals surface area contributed by atoms with E-state index < -0.39 is 15.3 Å². The van der Waals surface area contributed by atoms with Crippen LogP contribution in [0.15, 0.2) is 41.9 Å². The van der Waals surface area contributed by atoms with Crippen molar-refractivity contribution in [3.63, 3.8) is 0 Å². The summed E-state index contributed by atoms with van der Waals surface area (Å²) >= 11 is 0. The van der Waals surface area contributed by atoms with Crippen molar-refractivity contribution in [2.24, 2.45) is 4.99 Å². The summed E-state index contributed by atoms with van der Waals surface area (Å²) in [6.45, 7) is 0. The lowest BCUT2D eigenvalue weighted by Gasteiger charge is -2.07. The molecule has 1 heterocycles. The molecule has 2 N–H and O–H groups in total. The number of benzene rings is 1. The van der Waals surface area contributed by atoms with E-state index in [2.05, 4.69) is 20.6 Å². The molecular formula is C10H11N5O4S. The first-order valence-corrected chi connectivity index (χ1v) is 6.75. The normalized spacial score (nSPS) is 12.2. The number of aliphatic imine (C=N–C) groups is 1. The molecular weight excluding hydrogens is 286 g/mol. The third kappa shape index (κ3) is 3.52. The summed E-state index contributed by atoms with van der Waals surface area (Å²) < 4.78 is 37.8. The highest BCUT2D eigenvalue weighted by Crippen LogP contribution is 2.18. The Hall–Kier alpha value is -2.46. The highest BCUT2D eigenvalue weighted by Gasteiger charge is 2.16. The zero-order chi connectivity index (χ0) is 14.6. The second kappa shape index (κ2) is 5.67. The molecule has 0 aliphatic carbocycles. The minimum absolute atomic E-state index is 0.319. The van der Waals surface area contributed by atoms with Gasteiger partial charge in [-0.15, -0.1) is 10.2 Å². The van der Waals surface area contributed by atoms with Crippen molar-refractivity contribution in [1.29, 1.82) is 0 Å². The smallest absolute Gasteiger partial charge is 0.329 e. The van der Waals surface area contributed by atoms with E-state index in [1.54, 1.807) is 12.1 Å². The Balaban J connectivity index is 2.32. The van der Waals surface area contributed by atoms with Gasteiger partial charge < -0.3 is 4.74 Å². The molecule has 0 radical (unpaired) electrons. The number of ether oxygens (including phenoxy) is 1. The van der Waals surface area contributed by atoms with Crippen LogP contribution in [0.2, 0.25) is 0 Å². The molecule has 1 aromatic heterocycles. The van der Waals surface area contributed by atoms with Crippen LogP contribution in [0, 0.1) is 0 Å². The molecule has 106 valence electrons. The SMILES string of the molecule is COc1ccc(N=C(Nn2cnnc2)S(=O)(=O)O)cc1. The number of hydrogen-bond acceptors (Lipinski definition) is 6. The van der Waals surface area contributed by atoms with Crippen molar-refractivity contribution in [1.82, 2.24) is 14.9 Å². The third-order valence-electron chi connectivity index (χ3n) is 2.19. The first kappa shape index (κ1) is 14.0. The molecule has 20 heavy (non-hydrogen) atoms. The van der Waals surface area contributed by atoms with E-state index in [0.717, 1.165) is 4.68 Å². The topological polar surface area (TPSA) is 119 Å². The van der Waals surface area contributed by atoms with Gasteiger partial charge in [-0.2, -0.15) is 8.42 Å². The molecule has 0 aliphatic rings. The molecule has 2 rings (SSSR count). The van der Waals surface area contributed by atoms with E-state index in [1.807, 2.05) is 0 Å². The van der Waals surface area contributed by atoms with Gasteiger partial charge in [0, 0.05) is 0 Å². The zero-order valence-corrected chi connectivity index (χ0v) is 11.1. The monoisotopic (exact) mass is 297 g/mol. The van der Waals surface area contributed by atoms with Gasteiger partial charge in [-0.05, 0) is 24.3 Å². The number of hydrogen-bond donors (Lipinski definition) is 2. The van der Waals surface area contributed by atoms with Gasteiger partial charge >= 0.3 is 10.1 Å². The summed E-state index contributed by atoms with van der Waals surface area (Å²) in [6.07, 6.45) is 2.43. The Morgan fingerprint density at radius 1 is 1.30 bits per heavy atom. The van der Waals surface area contributed by atoms with Gasteiger partial charge in [0.25, 0.3) is 5.17 Å². The minimum Gasteiger partial charge on any atom is -0.497 e. The lowest BCUT2D eigenvalue weighted by molar-refractivity contribution is 0.415. The van der Waals surface area contributed by atoms with Crippen LogP contribution in [-0.4, -0.2) is 40.1 Å². The minimum atomic E-state index is -4.52. The second-order valence-electron chi connectivity index (χ2n) is 3.57. The van der Waals surface area contributed by atoms with Crippen molar-refractivity contribution in [3.8, 4) is 5.75 Å². The van der Waals surface area contributed by atoms with Gasteiger partial charge in [0.15, 0.2) is 0 Å². The van der Waals surface area contributed by atoms with Crippen LogP contribution < -0.4 is 10.2 Å². The van der Waals surface area contributed by atoms with E-state index in [1.165, 1.54) is 31.9 Å². The summed E-state index contributed by atoms with van der Waals surface area (Å²) in [5.41, 5.74) is 2.67. The first-order valence-electron chi connectivity index (χ1n) is 5.31. The van der Waals surface area contributed by atoms with E-state index in [9.17, 15) is 8.42 Å². The van der Waals surface area contributed by atoms with Crippen LogP contribution in [0.4, 0.5) is 5.69 Å². The predicted octanol–water partition coefficient (Wildman–Crippen LogP) is 0.406. The van der Waals surface area contributed by atoms with Gasteiger partial charge in [-0.3, -0.25) is 9.98 Å². The summed E-state index contributed by atoms with van der Waals surface area (Å²) in [4.78, 5) is 3.82. The fourth-order valence-electron chi connectivity index (χ4n) is 1.28. The number of rotatable bonds is 3. The van der Waals surface area contributed by atoms with Gasteiger partial charge in [0.1, 0.15) is 18.4 Å². The molecule has 2 aromatic rings. The van der Waals surface area contributed by atoms with Gasteiger partial charge in [0.2, 0.25) is 0 Å². The van der Waals surface area contributed by atoms with Crippen LogP contribution in [0.5, 0.6) is 5.75 Å². The van der Waals surface area contributed by atoms with Crippen molar-refractivity contribution in [2.75, 3.05) is 12.5 Å². The molecule has 0 saturated carbocycles. The van der Waals surface area contributed by atoms with Gasteiger partial charge in [0.05, 0.1) is 12.8 Å². The largest absolute Gasteiger partial charge is 0.497 e. The molecule has 0 unspecified atom stereocenters. The third-order valence-corrected chi connectivity index (χ3v) is 2.86.